The zero-order valence-corrected chi connectivity index (χ0v) is 18.5. The van der Waals surface area contributed by atoms with Gasteiger partial charge in [0.2, 0.25) is 0 Å². The van der Waals surface area contributed by atoms with Crippen LogP contribution >= 0.6 is 11.6 Å². The second-order valence-electron chi connectivity index (χ2n) is 6.75. The monoisotopic (exact) mass is 449 g/mol. The minimum atomic E-state index is -0.446. The molecular weight excluding hydrogens is 426 g/mol. The molecule has 0 spiro atoms. The van der Waals surface area contributed by atoms with Crippen LogP contribution < -0.4 is 14.9 Å². The van der Waals surface area contributed by atoms with Crippen LogP contribution in [0.4, 0.5) is 0 Å². The van der Waals surface area contributed by atoms with Crippen molar-refractivity contribution in [1.82, 2.24) is 10.4 Å². The molecule has 0 fully saturated rings. The summed E-state index contributed by atoms with van der Waals surface area (Å²) in [5.74, 6) is 0.823. The number of rotatable bonds is 10. The summed E-state index contributed by atoms with van der Waals surface area (Å²) in [5, 5.41) is 4.17. The van der Waals surface area contributed by atoms with Crippen LogP contribution in [0, 0.1) is 0 Å². The van der Waals surface area contributed by atoms with Crippen LogP contribution in [0.15, 0.2) is 78.6 Å². The average Bonchev–Trinajstić information content (AvgIpc) is 2.80. The van der Waals surface area contributed by atoms with Gasteiger partial charge in [-0.15, -0.1) is 6.58 Å². The lowest BCUT2D eigenvalue weighted by Crippen LogP contribution is -2.18. The van der Waals surface area contributed by atoms with Gasteiger partial charge in [-0.2, -0.15) is 5.10 Å². The number of aromatic nitrogens is 1. The molecule has 2 aromatic carbocycles. The Labute approximate surface area is 192 Å². The zero-order valence-electron chi connectivity index (χ0n) is 17.8. The maximum absolute atomic E-state index is 12.3. The lowest BCUT2D eigenvalue weighted by molar-refractivity contribution is 0.0955. The molecule has 0 atom stereocenters. The van der Waals surface area contributed by atoms with Gasteiger partial charge in [0.15, 0.2) is 11.5 Å². The van der Waals surface area contributed by atoms with E-state index < -0.39 is 5.91 Å². The molecule has 0 unspecified atom stereocenters. The summed E-state index contributed by atoms with van der Waals surface area (Å²) in [6.07, 6.45) is 5.44. The largest absolute Gasteiger partial charge is 0.490 e. The standard InChI is InChI=1S/C25H24ClN3O3/c1-3-9-20-14-19(16-28-29-25(30)21-12-8-13-27-24(21)26)15-22(31-4-2)23(20)32-17-18-10-6-5-7-11-18/h3,5-8,10-16H,1,4,9,17H2,2H3,(H,29,30). The number of nitrogens with zero attached hydrogens (tertiary/aromatic N) is 2. The molecule has 0 bridgehead atoms. The Morgan fingerprint density at radius 3 is 2.72 bits per heavy atom. The third-order valence-electron chi connectivity index (χ3n) is 4.43. The summed E-state index contributed by atoms with van der Waals surface area (Å²) in [6.45, 7) is 6.65. The summed E-state index contributed by atoms with van der Waals surface area (Å²) in [4.78, 5) is 16.2. The van der Waals surface area contributed by atoms with Crippen molar-refractivity contribution in [2.75, 3.05) is 6.61 Å². The highest BCUT2D eigenvalue weighted by Gasteiger charge is 2.14. The highest BCUT2D eigenvalue weighted by atomic mass is 35.5. The first-order chi connectivity index (χ1) is 15.6. The molecule has 0 aliphatic heterocycles. The van der Waals surface area contributed by atoms with Gasteiger partial charge >= 0.3 is 0 Å². The normalized spacial score (nSPS) is 10.7. The summed E-state index contributed by atoms with van der Waals surface area (Å²) in [6, 6.07) is 16.9. The molecule has 0 saturated heterocycles. The van der Waals surface area contributed by atoms with Crippen molar-refractivity contribution in [3.05, 3.63) is 101 Å². The van der Waals surface area contributed by atoms with Crippen LogP contribution in [0.5, 0.6) is 11.5 Å². The van der Waals surface area contributed by atoms with Crippen molar-refractivity contribution in [2.24, 2.45) is 5.10 Å². The van der Waals surface area contributed by atoms with Gasteiger partial charge in [0, 0.05) is 11.8 Å². The number of carbonyl (C=O) groups excluding carboxylic acids is 1. The van der Waals surface area contributed by atoms with Gasteiger partial charge < -0.3 is 9.47 Å². The van der Waals surface area contributed by atoms with Crippen molar-refractivity contribution in [1.29, 1.82) is 0 Å². The molecule has 0 radical (unpaired) electrons. The molecule has 3 aromatic rings. The van der Waals surface area contributed by atoms with Crippen molar-refractivity contribution in [3.8, 4) is 11.5 Å². The number of hydrogen-bond acceptors (Lipinski definition) is 5. The smallest absolute Gasteiger partial charge is 0.274 e. The molecule has 32 heavy (non-hydrogen) atoms. The number of ether oxygens (including phenoxy) is 2. The van der Waals surface area contributed by atoms with Crippen molar-refractivity contribution < 1.29 is 14.3 Å². The molecule has 3 rings (SSSR count). The summed E-state index contributed by atoms with van der Waals surface area (Å²) < 4.78 is 12.0. The highest BCUT2D eigenvalue weighted by Crippen LogP contribution is 2.34. The molecule has 0 aliphatic carbocycles. The Morgan fingerprint density at radius 1 is 1.19 bits per heavy atom. The number of carbonyl (C=O) groups is 1. The minimum Gasteiger partial charge on any atom is -0.490 e. The van der Waals surface area contributed by atoms with Crippen LogP contribution in [0.25, 0.3) is 0 Å². The van der Waals surface area contributed by atoms with Crippen molar-refractivity contribution in [3.63, 3.8) is 0 Å². The van der Waals surface area contributed by atoms with E-state index in [1.807, 2.05) is 49.4 Å². The van der Waals surface area contributed by atoms with Crippen molar-refractivity contribution >= 4 is 23.7 Å². The molecular formula is C25H24ClN3O3. The first-order valence-electron chi connectivity index (χ1n) is 10.1. The van der Waals surface area contributed by atoms with E-state index in [0.717, 1.165) is 16.7 Å². The molecule has 0 aliphatic rings. The molecule has 1 heterocycles. The fourth-order valence-corrected chi connectivity index (χ4v) is 3.21. The van der Waals surface area contributed by atoms with E-state index in [1.165, 1.54) is 12.4 Å². The van der Waals surface area contributed by atoms with E-state index in [2.05, 4.69) is 22.1 Å². The van der Waals surface area contributed by atoms with E-state index in [9.17, 15) is 4.79 Å². The van der Waals surface area contributed by atoms with Crippen LogP contribution in [0.2, 0.25) is 5.15 Å². The molecule has 1 amide bonds. The summed E-state index contributed by atoms with van der Waals surface area (Å²) in [5.41, 5.74) is 5.42. The van der Waals surface area contributed by atoms with Crippen LogP contribution in [0.1, 0.15) is 34.0 Å². The summed E-state index contributed by atoms with van der Waals surface area (Å²) in [7, 11) is 0. The third kappa shape index (κ3) is 6.18. The number of allylic oxidation sites excluding steroid dienone is 1. The number of amides is 1. The number of pyridine rings is 1. The van der Waals surface area contributed by atoms with E-state index >= 15 is 0 Å². The minimum absolute atomic E-state index is 0.118. The lowest BCUT2D eigenvalue weighted by atomic mass is 10.1. The van der Waals surface area contributed by atoms with Crippen molar-refractivity contribution in [2.45, 2.75) is 20.0 Å². The Balaban J connectivity index is 1.81. The maximum Gasteiger partial charge on any atom is 0.274 e. The van der Waals surface area contributed by atoms with Gasteiger partial charge in [-0.25, -0.2) is 10.4 Å². The maximum atomic E-state index is 12.3. The van der Waals surface area contributed by atoms with Gasteiger partial charge in [0.1, 0.15) is 11.8 Å². The van der Waals surface area contributed by atoms with Gasteiger partial charge in [-0.1, -0.05) is 48.0 Å². The van der Waals surface area contributed by atoms with Crippen LogP contribution in [0.3, 0.4) is 0 Å². The highest BCUT2D eigenvalue weighted by molar-refractivity contribution is 6.32. The van der Waals surface area contributed by atoms with Gasteiger partial charge in [-0.05, 0) is 48.7 Å². The molecule has 7 heteroatoms. The molecule has 1 aromatic heterocycles. The Kier molecular flexibility index (Phi) is 8.40. The Bertz CT molecular complexity index is 1100. The first kappa shape index (κ1) is 23.0. The van der Waals surface area contributed by atoms with E-state index in [-0.39, 0.29) is 10.7 Å². The predicted molar refractivity (Wildman–Crippen MR) is 127 cm³/mol. The Morgan fingerprint density at radius 2 is 2.00 bits per heavy atom. The third-order valence-corrected chi connectivity index (χ3v) is 4.73. The number of hydrogen-bond donors (Lipinski definition) is 1. The van der Waals surface area contributed by atoms with Gasteiger partial charge in [-0.3, -0.25) is 4.79 Å². The second-order valence-corrected chi connectivity index (χ2v) is 7.11. The molecule has 164 valence electrons. The predicted octanol–water partition coefficient (Wildman–Crippen LogP) is 5.21. The SMILES string of the molecule is C=CCc1cc(C=NNC(=O)c2cccnc2Cl)cc(OCC)c1OCc1ccccc1. The van der Waals surface area contributed by atoms with E-state index in [4.69, 9.17) is 21.1 Å². The second kappa shape index (κ2) is 11.7. The van der Waals surface area contributed by atoms with E-state index in [0.29, 0.717) is 31.1 Å². The van der Waals surface area contributed by atoms with Gasteiger partial charge in [0.25, 0.3) is 5.91 Å². The molecule has 6 nitrogen and oxygen atoms in total. The first-order valence-corrected chi connectivity index (χ1v) is 10.5. The fourth-order valence-electron chi connectivity index (χ4n) is 3.00. The Hall–Kier alpha value is -3.64. The lowest BCUT2D eigenvalue weighted by Gasteiger charge is -2.16. The number of benzene rings is 2. The topological polar surface area (TPSA) is 72.8 Å². The number of nitrogens with one attached hydrogen (secondary N) is 1. The van der Waals surface area contributed by atoms with E-state index in [1.54, 1.807) is 18.2 Å². The molecule has 0 saturated carbocycles. The number of halogens is 1. The number of hydrazone groups is 1. The van der Waals surface area contributed by atoms with Crippen LogP contribution in [-0.4, -0.2) is 23.7 Å². The molecule has 1 N–H and O–H groups in total. The van der Waals surface area contributed by atoms with Crippen LogP contribution in [-0.2, 0) is 13.0 Å². The fraction of sp³-hybridized carbons (Fsp3) is 0.160. The van der Waals surface area contributed by atoms with Gasteiger partial charge in [0.05, 0.1) is 18.4 Å². The quantitative estimate of drug-likeness (QED) is 0.200. The average molecular weight is 450 g/mol. The zero-order chi connectivity index (χ0) is 22.8. The summed E-state index contributed by atoms with van der Waals surface area (Å²) >= 11 is 5.95.